The van der Waals surface area contributed by atoms with Crippen LogP contribution < -0.4 is 5.32 Å². The van der Waals surface area contributed by atoms with Gasteiger partial charge in [0.15, 0.2) is 0 Å². The molecule has 0 saturated carbocycles. The first-order valence-electron chi connectivity index (χ1n) is 6.20. The van der Waals surface area contributed by atoms with Crippen molar-refractivity contribution in [3.8, 4) is 0 Å². The topological polar surface area (TPSA) is 35.5 Å². The molecule has 0 heterocycles. The third-order valence-electron chi connectivity index (χ3n) is 3.11. The third-order valence-corrected chi connectivity index (χ3v) is 3.11. The fourth-order valence-electron chi connectivity index (χ4n) is 1.91. The zero-order chi connectivity index (χ0) is 12.7. The monoisotopic (exact) mass is 236 g/mol. The molecule has 0 fully saturated rings. The van der Waals surface area contributed by atoms with Gasteiger partial charge in [-0.05, 0) is 39.5 Å². The first kappa shape index (κ1) is 14.2. The number of hydrogen-bond acceptors (Lipinski definition) is 3. The Morgan fingerprint density at radius 2 is 1.88 bits per heavy atom. The number of likely N-dealkylation sites (N-methyl/N-ethyl adjacent to an activating group) is 1. The maximum atomic E-state index is 8.85. The highest BCUT2D eigenvalue weighted by Crippen LogP contribution is 2.17. The molecule has 0 saturated heterocycles. The van der Waals surface area contributed by atoms with E-state index in [0.29, 0.717) is 6.04 Å². The van der Waals surface area contributed by atoms with E-state index >= 15 is 0 Å². The summed E-state index contributed by atoms with van der Waals surface area (Å²) in [5.41, 5.74) is 2.62. The Balaban J connectivity index is 2.51. The van der Waals surface area contributed by atoms with Gasteiger partial charge in [-0.2, -0.15) is 0 Å². The maximum absolute atomic E-state index is 8.85. The molecule has 17 heavy (non-hydrogen) atoms. The lowest BCUT2D eigenvalue weighted by atomic mass is 10.0. The first-order valence-corrected chi connectivity index (χ1v) is 6.20. The Kier molecular flexibility index (Phi) is 6.19. The van der Waals surface area contributed by atoms with Crippen molar-refractivity contribution in [3.63, 3.8) is 0 Å². The highest BCUT2D eigenvalue weighted by atomic mass is 16.3. The van der Waals surface area contributed by atoms with Crippen LogP contribution in [0.3, 0.4) is 0 Å². The van der Waals surface area contributed by atoms with E-state index < -0.39 is 0 Å². The van der Waals surface area contributed by atoms with Crippen LogP contribution in [0.2, 0.25) is 0 Å². The summed E-state index contributed by atoms with van der Waals surface area (Å²) in [4.78, 5) is 2.15. The van der Waals surface area contributed by atoms with E-state index in [0.717, 1.165) is 19.5 Å². The molecule has 1 rings (SSSR count). The summed E-state index contributed by atoms with van der Waals surface area (Å²) in [6.07, 6.45) is 1.05. The van der Waals surface area contributed by atoms with Crippen molar-refractivity contribution in [2.24, 2.45) is 0 Å². The Labute approximate surface area is 104 Å². The molecule has 2 N–H and O–H groups in total. The highest BCUT2D eigenvalue weighted by Gasteiger charge is 2.09. The van der Waals surface area contributed by atoms with Crippen molar-refractivity contribution >= 4 is 0 Å². The number of aryl methyl sites for hydroxylation is 1. The van der Waals surface area contributed by atoms with E-state index in [4.69, 9.17) is 5.11 Å². The molecule has 0 spiro atoms. The molecule has 1 aromatic carbocycles. The number of rotatable bonds is 7. The van der Waals surface area contributed by atoms with E-state index in [9.17, 15) is 0 Å². The molecule has 1 atom stereocenters. The van der Waals surface area contributed by atoms with Crippen LogP contribution in [0.5, 0.6) is 0 Å². The van der Waals surface area contributed by atoms with Gasteiger partial charge < -0.3 is 15.3 Å². The first-order chi connectivity index (χ1) is 8.17. The lowest BCUT2D eigenvalue weighted by molar-refractivity contribution is 0.216. The molecule has 0 aliphatic carbocycles. The molecule has 0 aromatic heterocycles. The minimum atomic E-state index is 0.227. The average Bonchev–Trinajstić information content (AvgIpc) is 2.32. The second kappa shape index (κ2) is 7.43. The zero-order valence-corrected chi connectivity index (χ0v) is 11.1. The van der Waals surface area contributed by atoms with Crippen LogP contribution in [0.1, 0.15) is 23.6 Å². The van der Waals surface area contributed by atoms with E-state index in [1.54, 1.807) is 0 Å². The Morgan fingerprint density at radius 1 is 1.24 bits per heavy atom. The van der Waals surface area contributed by atoms with Crippen LogP contribution in [0, 0.1) is 6.92 Å². The number of aliphatic hydroxyl groups excluding tert-OH is 1. The van der Waals surface area contributed by atoms with Gasteiger partial charge >= 0.3 is 0 Å². The fourth-order valence-corrected chi connectivity index (χ4v) is 1.91. The lowest BCUT2D eigenvalue weighted by Crippen LogP contribution is -2.27. The molecular formula is C14H24N2O. The molecule has 96 valence electrons. The number of nitrogens with one attached hydrogen (secondary N) is 1. The van der Waals surface area contributed by atoms with E-state index in [1.165, 1.54) is 11.1 Å². The lowest BCUT2D eigenvalue weighted by Gasteiger charge is -2.21. The van der Waals surface area contributed by atoms with Crippen molar-refractivity contribution in [2.75, 3.05) is 33.8 Å². The molecule has 0 aliphatic heterocycles. The van der Waals surface area contributed by atoms with Gasteiger partial charge in [-0.15, -0.1) is 0 Å². The fraction of sp³-hybridized carbons (Fsp3) is 0.571. The van der Waals surface area contributed by atoms with Crippen LogP contribution in [-0.2, 0) is 0 Å². The second-order valence-corrected chi connectivity index (χ2v) is 4.57. The number of nitrogens with zero attached hydrogens (tertiary/aromatic N) is 1. The quantitative estimate of drug-likeness (QED) is 0.754. The van der Waals surface area contributed by atoms with Gasteiger partial charge in [0, 0.05) is 12.6 Å². The van der Waals surface area contributed by atoms with Crippen LogP contribution >= 0.6 is 0 Å². The SMILES string of the molecule is CNC(CCN(C)CCO)c1ccc(C)cc1. The molecule has 3 nitrogen and oxygen atoms in total. The van der Waals surface area contributed by atoms with Gasteiger partial charge in [0.1, 0.15) is 0 Å². The van der Waals surface area contributed by atoms with Crippen LogP contribution in [0.4, 0.5) is 0 Å². The van der Waals surface area contributed by atoms with Crippen molar-refractivity contribution < 1.29 is 5.11 Å². The van der Waals surface area contributed by atoms with Gasteiger partial charge in [0.25, 0.3) is 0 Å². The summed E-state index contributed by atoms with van der Waals surface area (Å²) in [7, 11) is 4.04. The standard InChI is InChI=1S/C14H24N2O/c1-12-4-6-13(7-5-12)14(15-2)8-9-16(3)10-11-17/h4-7,14-15,17H,8-11H2,1-3H3. The normalized spacial score (nSPS) is 13.0. The predicted molar refractivity (Wildman–Crippen MR) is 72.2 cm³/mol. The smallest absolute Gasteiger partial charge is 0.0558 e. The zero-order valence-electron chi connectivity index (χ0n) is 11.1. The summed E-state index contributed by atoms with van der Waals surface area (Å²) < 4.78 is 0. The van der Waals surface area contributed by atoms with Gasteiger partial charge in [0.05, 0.1) is 6.61 Å². The maximum Gasteiger partial charge on any atom is 0.0558 e. The molecular weight excluding hydrogens is 212 g/mol. The summed E-state index contributed by atoms with van der Waals surface area (Å²) in [6.45, 7) is 4.06. The number of benzene rings is 1. The number of hydrogen-bond donors (Lipinski definition) is 2. The minimum Gasteiger partial charge on any atom is -0.395 e. The summed E-state index contributed by atoms with van der Waals surface area (Å²) >= 11 is 0. The van der Waals surface area contributed by atoms with Gasteiger partial charge in [0.2, 0.25) is 0 Å². The van der Waals surface area contributed by atoms with Gasteiger partial charge in [-0.1, -0.05) is 29.8 Å². The summed E-state index contributed by atoms with van der Waals surface area (Å²) in [6, 6.07) is 9.05. The Morgan fingerprint density at radius 3 is 2.41 bits per heavy atom. The molecule has 0 amide bonds. The number of aliphatic hydroxyl groups is 1. The molecule has 3 heteroatoms. The largest absolute Gasteiger partial charge is 0.395 e. The third kappa shape index (κ3) is 4.86. The average molecular weight is 236 g/mol. The van der Waals surface area contributed by atoms with Crippen molar-refractivity contribution in [1.82, 2.24) is 10.2 Å². The molecule has 0 bridgehead atoms. The summed E-state index contributed by atoms with van der Waals surface area (Å²) in [5.74, 6) is 0. The van der Waals surface area contributed by atoms with Crippen molar-refractivity contribution in [2.45, 2.75) is 19.4 Å². The van der Waals surface area contributed by atoms with E-state index in [-0.39, 0.29) is 6.61 Å². The van der Waals surface area contributed by atoms with Crippen molar-refractivity contribution in [1.29, 1.82) is 0 Å². The Hall–Kier alpha value is -0.900. The van der Waals surface area contributed by atoms with Crippen molar-refractivity contribution in [3.05, 3.63) is 35.4 Å². The van der Waals surface area contributed by atoms with Gasteiger partial charge in [-0.25, -0.2) is 0 Å². The molecule has 0 aliphatic rings. The highest BCUT2D eigenvalue weighted by molar-refractivity contribution is 5.24. The Bertz CT molecular complexity index is 311. The summed E-state index contributed by atoms with van der Waals surface area (Å²) in [5, 5.41) is 12.2. The second-order valence-electron chi connectivity index (χ2n) is 4.57. The molecule has 1 unspecified atom stereocenters. The van der Waals surface area contributed by atoms with Gasteiger partial charge in [-0.3, -0.25) is 0 Å². The molecule has 0 radical (unpaired) electrons. The molecule has 1 aromatic rings. The minimum absolute atomic E-state index is 0.227. The van der Waals surface area contributed by atoms with Crippen LogP contribution in [0.15, 0.2) is 24.3 Å². The van der Waals surface area contributed by atoms with E-state index in [1.807, 2.05) is 14.1 Å². The van der Waals surface area contributed by atoms with Crippen LogP contribution in [0.25, 0.3) is 0 Å². The van der Waals surface area contributed by atoms with E-state index in [2.05, 4.69) is 41.4 Å². The van der Waals surface area contributed by atoms with Crippen LogP contribution in [-0.4, -0.2) is 43.8 Å². The predicted octanol–water partition coefficient (Wildman–Crippen LogP) is 1.57.